The van der Waals surface area contributed by atoms with Crippen LogP contribution in [0.3, 0.4) is 0 Å². The van der Waals surface area contributed by atoms with Crippen LogP contribution in [0, 0.1) is 0 Å². The standard InChI is InChI=1S/C8H5BrF2N2/c9-4-2-1-3-5-6(4)7(8(10)11)13-12-5/h1-3,8H,(H,12,13). The largest absolute Gasteiger partial charge is 0.280 e. The minimum Gasteiger partial charge on any atom is -0.275 e. The van der Waals surface area contributed by atoms with Crippen molar-refractivity contribution in [2.24, 2.45) is 0 Å². The van der Waals surface area contributed by atoms with Crippen molar-refractivity contribution in [3.8, 4) is 0 Å². The van der Waals surface area contributed by atoms with Crippen LogP contribution in [-0.2, 0) is 0 Å². The SMILES string of the molecule is FC(F)c1[nH]nc2cccc(Br)c12. The molecule has 5 heteroatoms. The second-order valence-corrected chi connectivity index (χ2v) is 3.43. The summed E-state index contributed by atoms with van der Waals surface area (Å²) < 4.78 is 25.5. The van der Waals surface area contributed by atoms with E-state index in [1.54, 1.807) is 18.2 Å². The molecule has 0 saturated carbocycles. The third-order valence-electron chi connectivity index (χ3n) is 1.78. The molecular formula is C8H5BrF2N2. The lowest BCUT2D eigenvalue weighted by Crippen LogP contribution is -1.84. The molecular weight excluding hydrogens is 242 g/mol. The van der Waals surface area contributed by atoms with E-state index >= 15 is 0 Å². The van der Waals surface area contributed by atoms with Crippen molar-refractivity contribution in [3.05, 3.63) is 28.4 Å². The van der Waals surface area contributed by atoms with Crippen molar-refractivity contribution in [1.82, 2.24) is 10.2 Å². The van der Waals surface area contributed by atoms with Crippen molar-refractivity contribution in [2.75, 3.05) is 0 Å². The molecule has 0 aliphatic carbocycles. The number of H-pyrrole nitrogens is 1. The number of hydrogen-bond acceptors (Lipinski definition) is 1. The molecule has 2 nitrogen and oxygen atoms in total. The lowest BCUT2D eigenvalue weighted by Gasteiger charge is -1.96. The minimum atomic E-state index is -2.52. The molecule has 0 radical (unpaired) electrons. The number of fused-ring (bicyclic) bond motifs is 1. The van der Waals surface area contributed by atoms with Gasteiger partial charge >= 0.3 is 0 Å². The van der Waals surface area contributed by atoms with Gasteiger partial charge in [-0.25, -0.2) is 8.78 Å². The van der Waals surface area contributed by atoms with E-state index in [2.05, 4.69) is 26.1 Å². The molecule has 0 unspecified atom stereocenters. The van der Waals surface area contributed by atoms with Crippen molar-refractivity contribution in [2.45, 2.75) is 6.43 Å². The van der Waals surface area contributed by atoms with Crippen LogP contribution in [-0.4, -0.2) is 10.2 Å². The Morgan fingerprint density at radius 2 is 2.15 bits per heavy atom. The average Bonchev–Trinajstić information content (AvgIpc) is 2.49. The van der Waals surface area contributed by atoms with Crippen molar-refractivity contribution >= 4 is 26.8 Å². The molecule has 1 aromatic carbocycles. The lowest BCUT2D eigenvalue weighted by atomic mass is 10.2. The van der Waals surface area contributed by atoms with E-state index < -0.39 is 6.43 Å². The van der Waals surface area contributed by atoms with Gasteiger partial charge in [0.1, 0.15) is 5.69 Å². The Kier molecular flexibility index (Phi) is 2.03. The molecule has 0 aliphatic rings. The van der Waals surface area contributed by atoms with Gasteiger partial charge in [-0.2, -0.15) is 5.10 Å². The van der Waals surface area contributed by atoms with Gasteiger partial charge in [0, 0.05) is 9.86 Å². The summed E-state index contributed by atoms with van der Waals surface area (Å²) in [6, 6.07) is 5.15. The normalized spacial score (nSPS) is 11.4. The van der Waals surface area contributed by atoms with Crippen LogP contribution in [0.1, 0.15) is 12.1 Å². The summed E-state index contributed by atoms with van der Waals surface area (Å²) in [7, 11) is 0. The average molecular weight is 247 g/mol. The maximum Gasteiger partial charge on any atom is 0.280 e. The second kappa shape index (κ2) is 3.06. The van der Waals surface area contributed by atoms with Crippen LogP contribution in [0.4, 0.5) is 8.78 Å². The molecule has 68 valence electrons. The molecule has 0 saturated heterocycles. The summed E-state index contributed by atoms with van der Waals surface area (Å²) in [6.07, 6.45) is -2.52. The highest BCUT2D eigenvalue weighted by atomic mass is 79.9. The fourth-order valence-corrected chi connectivity index (χ4v) is 1.78. The zero-order valence-corrected chi connectivity index (χ0v) is 7.98. The summed E-state index contributed by atoms with van der Waals surface area (Å²) in [5.74, 6) is 0. The van der Waals surface area contributed by atoms with E-state index in [4.69, 9.17) is 0 Å². The Labute approximate surface area is 81.1 Å². The number of hydrogen-bond donors (Lipinski definition) is 1. The first kappa shape index (κ1) is 8.62. The van der Waals surface area contributed by atoms with Gasteiger partial charge in [0.25, 0.3) is 6.43 Å². The fraction of sp³-hybridized carbons (Fsp3) is 0.125. The molecule has 13 heavy (non-hydrogen) atoms. The Bertz CT molecular complexity index is 439. The third-order valence-corrected chi connectivity index (χ3v) is 2.44. The topological polar surface area (TPSA) is 28.7 Å². The Morgan fingerprint density at radius 1 is 1.38 bits per heavy atom. The summed E-state index contributed by atoms with van der Waals surface area (Å²) in [5.41, 5.74) is 0.409. The lowest BCUT2D eigenvalue weighted by molar-refractivity contribution is 0.147. The first-order valence-corrected chi connectivity index (χ1v) is 4.40. The van der Waals surface area contributed by atoms with E-state index in [0.717, 1.165) is 0 Å². The van der Waals surface area contributed by atoms with Gasteiger partial charge in [-0.1, -0.05) is 22.0 Å². The Morgan fingerprint density at radius 3 is 2.85 bits per heavy atom. The molecule has 1 heterocycles. The Hall–Kier alpha value is -0.970. The summed E-state index contributed by atoms with van der Waals surface area (Å²) in [5, 5.41) is 6.55. The van der Waals surface area contributed by atoms with Gasteiger partial charge in [0.2, 0.25) is 0 Å². The zero-order valence-electron chi connectivity index (χ0n) is 6.39. The number of nitrogens with zero attached hydrogens (tertiary/aromatic N) is 1. The smallest absolute Gasteiger partial charge is 0.275 e. The van der Waals surface area contributed by atoms with Gasteiger partial charge < -0.3 is 0 Å². The number of nitrogens with one attached hydrogen (secondary N) is 1. The molecule has 0 spiro atoms. The predicted octanol–water partition coefficient (Wildman–Crippen LogP) is 3.26. The van der Waals surface area contributed by atoms with Crippen LogP contribution in [0.25, 0.3) is 10.9 Å². The third kappa shape index (κ3) is 1.33. The minimum absolute atomic E-state index is 0.137. The highest BCUT2D eigenvalue weighted by Crippen LogP contribution is 2.30. The second-order valence-electron chi connectivity index (χ2n) is 2.57. The van der Waals surface area contributed by atoms with Crippen LogP contribution in [0.2, 0.25) is 0 Å². The molecule has 2 aromatic rings. The predicted molar refractivity (Wildman–Crippen MR) is 48.8 cm³/mol. The van der Waals surface area contributed by atoms with Crippen LogP contribution in [0.15, 0.2) is 22.7 Å². The van der Waals surface area contributed by atoms with E-state index in [1.165, 1.54) is 0 Å². The number of rotatable bonds is 1. The number of aromatic amines is 1. The number of halogens is 3. The van der Waals surface area contributed by atoms with E-state index in [9.17, 15) is 8.78 Å². The van der Waals surface area contributed by atoms with Crippen molar-refractivity contribution in [1.29, 1.82) is 0 Å². The first-order valence-electron chi connectivity index (χ1n) is 3.61. The van der Waals surface area contributed by atoms with Crippen LogP contribution >= 0.6 is 15.9 Å². The highest BCUT2D eigenvalue weighted by molar-refractivity contribution is 9.10. The van der Waals surface area contributed by atoms with Gasteiger partial charge in [0.05, 0.1) is 5.52 Å². The zero-order chi connectivity index (χ0) is 9.42. The number of benzene rings is 1. The highest BCUT2D eigenvalue weighted by Gasteiger charge is 2.16. The molecule has 2 rings (SSSR count). The fourth-order valence-electron chi connectivity index (χ4n) is 1.21. The molecule has 1 N–H and O–H groups in total. The van der Waals surface area contributed by atoms with Crippen molar-refractivity contribution in [3.63, 3.8) is 0 Å². The van der Waals surface area contributed by atoms with Gasteiger partial charge in [-0.05, 0) is 12.1 Å². The molecule has 0 atom stereocenters. The van der Waals surface area contributed by atoms with Crippen molar-refractivity contribution < 1.29 is 8.78 Å². The monoisotopic (exact) mass is 246 g/mol. The van der Waals surface area contributed by atoms with Gasteiger partial charge in [-0.3, -0.25) is 5.10 Å². The quantitative estimate of drug-likeness (QED) is 0.823. The number of aromatic nitrogens is 2. The summed E-state index contributed by atoms with van der Waals surface area (Å²) in [4.78, 5) is 0. The van der Waals surface area contributed by atoms with E-state index in [-0.39, 0.29) is 5.69 Å². The molecule has 0 bridgehead atoms. The number of alkyl halides is 2. The van der Waals surface area contributed by atoms with Gasteiger partial charge in [0.15, 0.2) is 0 Å². The van der Waals surface area contributed by atoms with Crippen LogP contribution in [0.5, 0.6) is 0 Å². The van der Waals surface area contributed by atoms with E-state index in [0.29, 0.717) is 15.4 Å². The summed E-state index contributed by atoms with van der Waals surface area (Å²) >= 11 is 3.20. The molecule has 1 aromatic heterocycles. The Balaban J connectivity index is 2.79. The molecule has 0 fully saturated rings. The summed E-state index contributed by atoms with van der Waals surface area (Å²) in [6.45, 7) is 0. The van der Waals surface area contributed by atoms with E-state index in [1.807, 2.05) is 0 Å². The molecule has 0 amide bonds. The maximum atomic E-state index is 12.4. The van der Waals surface area contributed by atoms with Crippen LogP contribution < -0.4 is 0 Å². The molecule has 0 aliphatic heterocycles. The first-order chi connectivity index (χ1) is 6.20. The van der Waals surface area contributed by atoms with Gasteiger partial charge in [-0.15, -0.1) is 0 Å². The maximum absolute atomic E-state index is 12.4.